The van der Waals surface area contributed by atoms with Gasteiger partial charge < -0.3 is 10.1 Å². The van der Waals surface area contributed by atoms with Gasteiger partial charge in [0.1, 0.15) is 5.75 Å². The summed E-state index contributed by atoms with van der Waals surface area (Å²) in [7, 11) is 3.64. The first-order chi connectivity index (χ1) is 7.11. The van der Waals surface area contributed by atoms with Crippen LogP contribution in [0.4, 0.5) is 0 Å². The minimum atomic E-state index is 0.834. The Labute approximate surface area is 96.6 Å². The number of methoxy groups -OCH3 is 1. The van der Waals surface area contributed by atoms with E-state index >= 15 is 0 Å². The average molecular weight is 228 g/mol. The lowest BCUT2D eigenvalue weighted by Gasteiger charge is -2.15. The summed E-state index contributed by atoms with van der Waals surface area (Å²) < 4.78 is 5.37. The summed E-state index contributed by atoms with van der Waals surface area (Å²) in [5.74, 6) is 0.950. The molecule has 0 aliphatic carbocycles. The Morgan fingerprint density at radius 1 is 1.40 bits per heavy atom. The molecule has 0 amide bonds. The van der Waals surface area contributed by atoms with Gasteiger partial charge in [0.05, 0.1) is 7.11 Å². The van der Waals surface area contributed by atoms with Crippen molar-refractivity contribution < 1.29 is 4.74 Å². The summed E-state index contributed by atoms with van der Waals surface area (Å²) in [5, 5.41) is 3.96. The second-order valence-electron chi connectivity index (χ2n) is 3.67. The Balaban J connectivity index is 3.14. The fraction of sp³-hybridized carbons (Fsp3) is 0.500. The minimum absolute atomic E-state index is 0.834. The summed E-state index contributed by atoms with van der Waals surface area (Å²) in [6.07, 6.45) is 0.928. The monoisotopic (exact) mass is 227 g/mol. The number of hydrogen-bond donors (Lipinski definition) is 1. The van der Waals surface area contributed by atoms with Crippen molar-refractivity contribution in [1.82, 2.24) is 5.32 Å². The number of rotatable bonds is 4. The predicted octanol–water partition coefficient (Wildman–Crippen LogP) is 2.73. The van der Waals surface area contributed by atoms with Gasteiger partial charge in [0.2, 0.25) is 0 Å². The number of ether oxygens (including phenoxy) is 1. The minimum Gasteiger partial charge on any atom is -0.496 e. The molecule has 84 valence electrons. The van der Waals surface area contributed by atoms with Gasteiger partial charge in [-0.15, -0.1) is 0 Å². The lowest BCUT2D eigenvalue weighted by Crippen LogP contribution is -2.12. The van der Waals surface area contributed by atoms with Crippen molar-refractivity contribution in [2.45, 2.75) is 20.3 Å². The van der Waals surface area contributed by atoms with Crippen molar-refractivity contribution in [3.8, 4) is 5.75 Å². The summed E-state index contributed by atoms with van der Waals surface area (Å²) in [4.78, 5) is 0. The van der Waals surface area contributed by atoms with E-state index in [2.05, 4.69) is 12.2 Å². The Bertz CT molecular complexity index is 350. The highest BCUT2D eigenvalue weighted by Gasteiger charge is 2.11. The highest BCUT2D eigenvalue weighted by molar-refractivity contribution is 6.31. The molecule has 0 radical (unpaired) electrons. The number of nitrogens with one attached hydrogen (secondary N) is 1. The van der Waals surface area contributed by atoms with Crippen LogP contribution in [0.1, 0.15) is 16.7 Å². The highest BCUT2D eigenvalue weighted by Crippen LogP contribution is 2.31. The molecule has 0 aliphatic rings. The van der Waals surface area contributed by atoms with Crippen molar-refractivity contribution in [3.05, 3.63) is 27.8 Å². The second kappa shape index (κ2) is 5.38. The van der Waals surface area contributed by atoms with Crippen LogP contribution in [0.3, 0.4) is 0 Å². The summed E-state index contributed by atoms with van der Waals surface area (Å²) in [6, 6.07) is 1.97. The van der Waals surface area contributed by atoms with E-state index < -0.39 is 0 Å². The molecule has 1 rings (SSSR count). The van der Waals surface area contributed by atoms with Crippen LogP contribution in [0.15, 0.2) is 6.07 Å². The molecular formula is C12H18ClNO. The van der Waals surface area contributed by atoms with Crippen LogP contribution in [0, 0.1) is 13.8 Å². The molecule has 0 saturated heterocycles. The average Bonchev–Trinajstić information content (AvgIpc) is 2.17. The molecule has 0 bridgehead atoms. The van der Waals surface area contributed by atoms with E-state index in [4.69, 9.17) is 16.3 Å². The van der Waals surface area contributed by atoms with Crippen LogP contribution >= 0.6 is 11.6 Å². The fourth-order valence-corrected chi connectivity index (χ4v) is 2.23. The molecule has 0 fully saturated rings. The van der Waals surface area contributed by atoms with Gasteiger partial charge >= 0.3 is 0 Å². The van der Waals surface area contributed by atoms with E-state index in [1.165, 1.54) is 5.56 Å². The van der Waals surface area contributed by atoms with Crippen LogP contribution in [0.5, 0.6) is 5.75 Å². The van der Waals surface area contributed by atoms with Gasteiger partial charge in [-0.05, 0) is 56.6 Å². The number of aryl methyl sites for hydroxylation is 1. The van der Waals surface area contributed by atoms with Gasteiger partial charge in [0, 0.05) is 5.02 Å². The number of likely N-dealkylation sites (N-methyl/N-ethyl adjacent to an activating group) is 1. The molecule has 0 saturated carbocycles. The summed E-state index contributed by atoms with van der Waals surface area (Å²) >= 11 is 6.22. The van der Waals surface area contributed by atoms with Crippen molar-refractivity contribution in [1.29, 1.82) is 0 Å². The van der Waals surface area contributed by atoms with E-state index in [9.17, 15) is 0 Å². The van der Waals surface area contributed by atoms with Gasteiger partial charge in [0.15, 0.2) is 0 Å². The first-order valence-electron chi connectivity index (χ1n) is 5.09. The van der Waals surface area contributed by atoms with E-state index in [1.54, 1.807) is 7.11 Å². The molecule has 0 atom stereocenters. The largest absolute Gasteiger partial charge is 0.496 e. The van der Waals surface area contributed by atoms with E-state index in [0.29, 0.717) is 0 Å². The zero-order chi connectivity index (χ0) is 11.4. The Kier molecular flexibility index (Phi) is 4.43. The smallest absolute Gasteiger partial charge is 0.125 e. The molecular weight excluding hydrogens is 210 g/mol. The third-order valence-corrected chi connectivity index (χ3v) is 2.95. The topological polar surface area (TPSA) is 21.3 Å². The fourth-order valence-electron chi connectivity index (χ4n) is 1.83. The molecule has 0 heterocycles. The third-order valence-electron chi connectivity index (χ3n) is 2.61. The van der Waals surface area contributed by atoms with Gasteiger partial charge in [-0.2, -0.15) is 0 Å². The maximum atomic E-state index is 6.22. The van der Waals surface area contributed by atoms with Crippen molar-refractivity contribution in [3.63, 3.8) is 0 Å². The van der Waals surface area contributed by atoms with Crippen LogP contribution in [0.2, 0.25) is 5.02 Å². The molecule has 15 heavy (non-hydrogen) atoms. The molecule has 1 aromatic carbocycles. The van der Waals surface area contributed by atoms with E-state index in [-0.39, 0.29) is 0 Å². The van der Waals surface area contributed by atoms with Crippen molar-refractivity contribution >= 4 is 11.6 Å². The van der Waals surface area contributed by atoms with Crippen LogP contribution < -0.4 is 10.1 Å². The van der Waals surface area contributed by atoms with Crippen LogP contribution in [0.25, 0.3) is 0 Å². The van der Waals surface area contributed by atoms with Gasteiger partial charge in [-0.1, -0.05) is 11.6 Å². The molecule has 0 aliphatic heterocycles. The molecule has 0 unspecified atom stereocenters. The molecule has 1 N–H and O–H groups in total. The second-order valence-corrected chi connectivity index (χ2v) is 4.07. The maximum absolute atomic E-state index is 6.22. The van der Waals surface area contributed by atoms with Crippen molar-refractivity contribution in [2.24, 2.45) is 0 Å². The molecule has 1 aromatic rings. The number of halogens is 1. The Morgan fingerprint density at radius 2 is 2.07 bits per heavy atom. The number of hydrogen-bond acceptors (Lipinski definition) is 2. The summed E-state index contributed by atoms with van der Waals surface area (Å²) in [6.45, 7) is 5.00. The predicted molar refractivity (Wildman–Crippen MR) is 65.1 cm³/mol. The van der Waals surface area contributed by atoms with Crippen LogP contribution in [-0.4, -0.2) is 20.7 Å². The first kappa shape index (κ1) is 12.3. The first-order valence-corrected chi connectivity index (χ1v) is 5.46. The normalized spacial score (nSPS) is 10.5. The highest BCUT2D eigenvalue weighted by atomic mass is 35.5. The summed E-state index contributed by atoms with van der Waals surface area (Å²) in [5.41, 5.74) is 3.42. The molecule has 0 spiro atoms. The standard InChI is InChI=1S/C12H18ClNO/c1-8-7-11(13)10(5-6-14-3)9(2)12(8)15-4/h7,14H,5-6H2,1-4H3. The quantitative estimate of drug-likeness (QED) is 0.854. The van der Waals surface area contributed by atoms with Gasteiger partial charge in [0.25, 0.3) is 0 Å². The van der Waals surface area contributed by atoms with Crippen molar-refractivity contribution in [2.75, 3.05) is 20.7 Å². The lowest BCUT2D eigenvalue weighted by molar-refractivity contribution is 0.408. The van der Waals surface area contributed by atoms with Gasteiger partial charge in [-0.25, -0.2) is 0 Å². The maximum Gasteiger partial charge on any atom is 0.125 e. The SMILES string of the molecule is CNCCc1c(Cl)cc(C)c(OC)c1C. The molecule has 3 heteroatoms. The zero-order valence-corrected chi connectivity index (χ0v) is 10.5. The Hall–Kier alpha value is -0.730. The van der Waals surface area contributed by atoms with Crippen LogP contribution in [-0.2, 0) is 6.42 Å². The van der Waals surface area contributed by atoms with E-state index in [0.717, 1.165) is 34.9 Å². The van der Waals surface area contributed by atoms with Gasteiger partial charge in [-0.3, -0.25) is 0 Å². The third kappa shape index (κ3) is 2.64. The lowest BCUT2D eigenvalue weighted by atomic mass is 10.0. The molecule has 2 nitrogen and oxygen atoms in total. The Morgan fingerprint density at radius 3 is 2.60 bits per heavy atom. The molecule has 0 aromatic heterocycles. The van der Waals surface area contributed by atoms with E-state index in [1.807, 2.05) is 20.0 Å². The zero-order valence-electron chi connectivity index (χ0n) is 9.78. The number of benzene rings is 1.